The Morgan fingerprint density at radius 2 is 2.04 bits per heavy atom. The highest BCUT2D eigenvalue weighted by molar-refractivity contribution is 5.98. The van der Waals surface area contributed by atoms with E-state index in [1.807, 2.05) is 0 Å². The monoisotopic (exact) mass is 340 g/mol. The molecular formula is C17H16F4N2O. The zero-order valence-corrected chi connectivity index (χ0v) is 13.0. The molecule has 1 aliphatic heterocycles. The standard InChI is InChI=1S/C17H16F4N2O/c1-10-14(7-11-4-5-13(18)8-15(11)22-10)16(24)23-6-2-3-12(9-23)17(19,20)21/h4-5,7-8,12H,2-3,6,9H2,1H3/t12-/m0/s1. The van der Waals surface area contributed by atoms with E-state index >= 15 is 0 Å². The molecule has 1 saturated heterocycles. The Morgan fingerprint density at radius 1 is 1.29 bits per heavy atom. The summed E-state index contributed by atoms with van der Waals surface area (Å²) in [6.45, 7) is 1.57. The number of alkyl halides is 3. The van der Waals surface area contributed by atoms with Crippen molar-refractivity contribution in [3.63, 3.8) is 0 Å². The van der Waals surface area contributed by atoms with Crippen molar-refractivity contribution in [2.45, 2.75) is 25.9 Å². The van der Waals surface area contributed by atoms with Crippen molar-refractivity contribution in [1.82, 2.24) is 9.88 Å². The Labute approximate surface area is 136 Å². The van der Waals surface area contributed by atoms with Crippen molar-refractivity contribution < 1.29 is 22.4 Å². The van der Waals surface area contributed by atoms with Gasteiger partial charge in [-0.3, -0.25) is 9.78 Å². The van der Waals surface area contributed by atoms with Crippen LogP contribution in [-0.2, 0) is 0 Å². The molecule has 2 aromatic rings. The molecule has 0 saturated carbocycles. The fraction of sp³-hybridized carbons (Fsp3) is 0.412. The largest absolute Gasteiger partial charge is 0.393 e. The molecule has 7 heteroatoms. The van der Waals surface area contributed by atoms with Gasteiger partial charge in [-0.15, -0.1) is 0 Å². The van der Waals surface area contributed by atoms with Gasteiger partial charge in [0.15, 0.2) is 0 Å². The van der Waals surface area contributed by atoms with Gasteiger partial charge in [-0.1, -0.05) is 0 Å². The minimum atomic E-state index is -4.30. The van der Waals surface area contributed by atoms with E-state index in [1.54, 1.807) is 13.0 Å². The number of likely N-dealkylation sites (tertiary alicyclic amines) is 1. The number of fused-ring (bicyclic) bond motifs is 1. The van der Waals surface area contributed by atoms with Gasteiger partial charge in [0.25, 0.3) is 5.91 Å². The summed E-state index contributed by atoms with van der Waals surface area (Å²) >= 11 is 0. The van der Waals surface area contributed by atoms with Crippen LogP contribution in [0.4, 0.5) is 17.6 Å². The third-order valence-electron chi connectivity index (χ3n) is 4.37. The molecule has 0 radical (unpaired) electrons. The number of amides is 1. The molecule has 1 fully saturated rings. The first-order valence-corrected chi connectivity index (χ1v) is 7.68. The summed E-state index contributed by atoms with van der Waals surface area (Å²) in [4.78, 5) is 18.1. The molecule has 1 aromatic heterocycles. The van der Waals surface area contributed by atoms with Crippen molar-refractivity contribution in [2.24, 2.45) is 5.92 Å². The lowest BCUT2D eigenvalue weighted by Crippen LogP contribution is -2.44. The first kappa shape index (κ1) is 16.7. The Bertz CT molecular complexity index is 788. The SMILES string of the molecule is Cc1nc2cc(F)ccc2cc1C(=O)N1CCC[C@H](C(F)(F)F)C1. The van der Waals surface area contributed by atoms with Gasteiger partial charge in [-0.2, -0.15) is 13.2 Å². The molecule has 0 bridgehead atoms. The highest BCUT2D eigenvalue weighted by Gasteiger charge is 2.42. The highest BCUT2D eigenvalue weighted by Crippen LogP contribution is 2.33. The van der Waals surface area contributed by atoms with E-state index in [2.05, 4.69) is 4.98 Å². The number of carbonyl (C=O) groups excluding carboxylic acids is 1. The second-order valence-electron chi connectivity index (χ2n) is 6.09. The number of hydrogen-bond acceptors (Lipinski definition) is 2. The lowest BCUT2D eigenvalue weighted by molar-refractivity contribution is -0.184. The van der Waals surface area contributed by atoms with Gasteiger partial charge in [-0.05, 0) is 38.0 Å². The van der Waals surface area contributed by atoms with Gasteiger partial charge >= 0.3 is 6.18 Å². The number of pyridine rings is 1. The summed E-state index contributed by atoms with van der Waals surface area (Å²) in [6.07, 6.45) is -3.93. The van der Waals surface area contributed by atoms with E-state index in [9.17, 15) is 22.4 Å². The molecule has 1 atom stereocenters. The first-order chi connectivity index (χ1) is 11.3. The van der Waals surface area contributed by atoms with Gasteiger partial charge < -0.3 is 4.90 Å². The summed E-state index contributed by atoms with van der Waals surface area (Å²) in [5.41, 5.74) is 1.06. The number of piperidine rings is 1. The van der Waals surface area contributed by atoms with E-state index in [0.29, 0.717) is 29.6 Å². The second-order valence-corrected chi connectivity index (χ2v) is 6.09. The predicted octanol–water partition coefficient (Wildman–Crippen LogP) is 4.10. The molecule has 128 valence electrons. The smallest absolute Gasteiger partial charge is 0.338 e. The lowest BCUT2D eigenvalue weighted by Gasteiger charge is -2.34. The fourth-order valence-corrected chi connectivity index (χ4v) is 3.05. The van der Waals surface area contributed by atoms with E-state index in [1.165, 1.54) is 23.1 Å². The molecule has 1 aromatic carbocycles. The number of nitrogens with zero attached hydrogens (tertiary/aromatic N) is 2. The van der Waals surface area contributed by atoms with Gasteiger partial charge in [0.1, 0.15) is 5.82 Å². The van der Waals surface area contributed by atoms with Crippen LogP contribution in [-0.4, -0.2) is 35.1 Å². The molecule has 0 unspecified atom stereocenters. The maximum absolute atomic E-state index is 13.3. The molecule has 3 rings (SSSR count). The van der Waals surface area contributed by atoms with Crippen LogP contribution in [0.15, 0.2) is 24.3 Å². The zero-order chi connectivity index (χ0) is 17.5. The van der Waals surface area contributed by atoms with Gasteiger partial charge in [0.2, 0.25) is 0 Å². The minimum absolute atomic E-state index is 0.0432. The van der Waals surface area contributed by atoms with Crippen LogP contribution < -0.4 is 0 Å². The average Bonchev–Trinajstić information content (AvgIpc) is 2.53. The Hall–Kier alpha value is -2.18. The number of hydrogen-bond donors (Lipinski definition) is 0. The van der Waals surface area contributed by atoms with Crippen LogP contribution in [0, 0.1) is 18.7 Å². The maximum atomic E-state index is 13.3. The summed E-state index contributed by atoms with van der Waals surface area (Å²) in [7, 11) is 0. The molecule has 0 N–H and O–H groups in total. The predicted molar refractivity (Wildman–Crippen MR) is 81.1 cm³/mol. The van der Waals surface area contributed by atoms with Gasteiger partial charge in [0.05, 0.1) is 22.7 Å². The van der Waals surface area contributed by atoms with E-state index in [-0.39, 0.29) is 18.5 Å². The minimum Gasteiger partial charge on any atom is -0.338 e. The van der Waals surface area contributed by atoms with Crippen molar-refractivity contribution in [3.05, 3.63) is 41.3 Å². The van der Waals surface area contributed by atoms with Crippen molar-refractivity contribution >= 4 is 16.8 Å². The topological polar surface area (TPSA) is 33.2 Å². The Balaban J connectivity index is 1.90. The number of halogens is 4. The molecule has 1 aliphatic rings. The third kappa shape index (κ3) is 3.20. The van der Waals surface area contributed by atoms with Crippen LogP contribution in [0.5, 0.6) is 0 Å². The van der Waals surface area contributed by atoms with E-state index in [4.69, 9.17) is 0 Å². The molecule has 3 nitrogen and oxygen atoms in total. The first-order valence-electron chi connectivity index (χ1n) is 7.68. The van der Waals surface area contributed by atoms with Gasteiger partial charge in [-0.25, -0.2) is 4.39 Å². The maximum Gasteiger partial charge on any atom is 0.393 e. The number of aryl methyl sites for hydroxylation is 1. The number of benzene rings is 1. The van der Waals surface area contributed by atoms with Crippen molar-refractivity contribution in [3.8, 4) is 0 Å². The van der Waals surface area contributed by atoms with Crippen LogP contribution in [0.1, 0.15) is 28.9 Å². The van der Waals surface area contributed by atoms with Crippen LogP contribution >= 0.6 is 0 Å². The molecule has 0 aliphatic carbocycles. The molecule has 24 heavy (non-hydrogen) atoms. The highest BCUT2D eigenvalue weighted by atomic mass is 19.4. The third-order valence-corrected chi connectivity index (χ3v) is 4.37. The molecule has 2 heterocycles. The number of rotatable bonds is 1. The summed E-state index contributed by atoms with van der Waals surface area (Å²) in [5.74, 6) is -2.38. The van der Waals surface area contributed by atoms with E-state index in [0.717, 1.165) is 0 Å². The van der Waals surface area contributed by atoms with Crippen molar-refractivity contribution in [2.75, 3.05) is 13.1 Å². The zero-order valence-electron chi connectivity index (χ0n) is 13.0. The van der Waals surface area contributed by atoms with Gasteiger partial charge in [0, 0.05) is 24.5 Å². The van der Waals surface area contributed by atoms with Crippen molar-refractivity contribution in [1.29, 1.82) is 0 Å². The molecular weight excluding hydrogens is 324 g/mol. The Morgan fingerprint density at radius 3 is 2.75 bits per heavy atom. The lowest BCUT2D eigenvalue weighted by atomic mass is 9.96. The average molecular weight is 340 g/mol. The number of aromatic nitrogens is 1. The number of carbonyl (C=O) groups is 1. The quantitative estimate of drug-likeness (QED) is 0.733. The summed E-state index contributed by atoms with van der Waals surface area (Å²) in [5, 5.41) is 0.578. The Kier molecular flexibility index (Phi) is 4.19. The molecule has 1 amide bonds. The van der Waals surface area contributed by atoms with Crippen LogP contribution in [0.25, 0.3) is 10.9 Å². The van der Waals surface area contributed by atoms with Crippen LogP contribution in [0.3, 0.4) is 0 Å². The fourth-order valence-electron chi connectivity index (χ4n) is 3.05. The normalized spacial score (nSPS) is 18.9. The molecule has 0 spiro atoms. The van der Waals surface area contributed by atoms with Crippen LogP contribution in [0.2, 0.25) is 0 Å². The summed E-state index contributed by atoms with van der Waals surface area (Å²) < 4.78 is 52.0. The second kappa shape index (κ2) is 6.03. The summed E-state index contributed by atoms with van der Waals surface area (Å²) in [6, 6.07) is 5.59. The van der Waals surface area contributed by atoms with E-state index < -0.39 is 23.8 Å².